The molecular formula is C53H81N9O15. The molecular weight excluding hydrogens is 1000 g/mol. The molecule has 0 saturated carbocycles. The summed E-state index contributed by atoms with van der Waals surface area (Å²) in [6.07, 6.45) is -10.2. The molecule has 26 atom stereocenters. The zero-order valence-corrected chi connectivity index (χ0v) is 46.5. The summed E-state index contributed by atoms with van der Waals surface area (Å²) >= 11 is 0. The molecule has 1 aromatic rings. The second kappa shape index (κ2) is 27.8. The molecule has 0 amide bonds. The Hall–Kier alpha value is -4.19. The van der Waals surface area contributed by atoms with Crippen molar-refractivity contribution in [2.75, 3.05) is 13.7 Å². The van der Waals surface area contributed by atoms with E-state index >= 15 is 0 Å². The van der Waals surface area contributed by atoms with E-state index < -0.39 is 147 Å². The number of azide groups is 3. The monoisotopic (exact) mass is 1080 g/mol. The molecule has 0 N–H and O–H groups in total. The number of Topliss-reactive ketones (excluding diaryl/α,β-unsaturated/α-hetero) is 1. The van der Waals surface area contributed by atoms with Crippen molar-refractivity contribution < 1.29 is 71.2 Å². The number of hydrogen-bond donors (Lipinski definition) is 0. The predicted molar refractivity (Wildman–Crippen MR) is 275 cm³/mol. The van der Waals surface area contributed by atoms with Gasteiger partial charge in [0.25, 0.3) is 0 Å². The van der Waals surface area contributed by atoms with Crippen molar-refractivity contribution in [3.63, 3.8) is 0 Å². The first-order chi connectivity index (χ1) is 37.0. The average Bonchev–Trinajstić information content (AvgIpc) is 3.45. The summed E-state index contributed by atoms with van der Waals surface area (Å²) in [4.78, 5) is 37.1. The third-order valence-corrected chi connectivity index (χ3v) is 16.8. The fourth-order valence-electron chi connectivity index (χ4n) is 12.1. The molecule has 77 heavy (non-hydrogen) atoms. The highest BCUT2D eigenvalue weighted by Crippen LogP contribution is 2.44. The minimum atomic E-state index is -1.17. The molecule has 0 bridgehead atoms. The van der Waals surface area contributed by atoms with Crippen LogP contribution >= 0.6 is 0 Å². The number of methoxy groups -OCH3 is 1. The Morgan fingerprint density at radius 3 is 1.60 bits per heavy atom. The second-order valence-corrected chi connectivity index (χ2v) is 21.6. The Morgan fingerprint density at radius 2 is 1.06 bits per heavy atom. The van der Waals surface area contributed by atoms with Crippen LogP contribution in [0, 0.1) is 35.5 Å². The highest BCUT2D eigenvalue weighted by atomic mass is 16.8. The number of rotatable bonds is 20. The van der Waals surface area contributed by atoms with Crippen molar-refractivity contribution in [3.8, 4) is 0 Å². The van der Waals surface area contributed by atoms with Gasteiger partial charge in [0.1, 0.15) is 12.2 Å². The maximum absolute atomic E-state index is 13.9. The van der Waals surface area contributed by atoms with E-state index in [9.17, 15) is 26.2 Å². The van der Waals surface area contributed by atoms with Gasteiger partial charge in [-0.3, -0.25) is 4.79 Å². The van der Waals surface area contributed by atoms with Crippen LogP contribution in [0.2, 0.25) is 0 Å². The minimum Gasteiger partial charge on any atom is -0.453 e. The van der Waals surface area contributed by atoms with Gasteiger partial charge in [0, 0.05) is 40.3 Å². The number of benzene rings is 1. The van der Waals surface area contributed by atoms with Crippen molar-refractivity contribution >= 4 is 11.8 Å². The van der Waals surface area contributed by atoms with E-state index in [4.69, 9.17) is 61.6 Å². The molecule has 1 aromatic carbocycles. The first kappa shape index (κ1) is 60.5. The van der Waals surface area contributed by atoms with E-state index in [2.05, 4.69) is 37.0 Å². The number of ketones is 1. The average molecular weight is 1080 g/mol. The number of hydrogen-bond acceptors (Lipinski definition) is 18. The molecule has 428 valence electrons. The van der Waals surface area contributed by atoms with Crippen LogP contribution in [0.5, 0.6) is 0 Å². The Morgan fingerprint density at radius 1 is 0.558 bits per heavy atom. The van der Waals surface area contributed by atoms with Gasteiger partial charge >= 0.3 is 5.97 Å². The van der Waals surface area contributed by atoms with Gasteiger partial charge in [-0.1, -0.05) is 95.9 Å². The van der Waals surface area contributed by atoms with Crippen molar-refractivity contribution in [2.45, 2.75) is 238 Å². The Bertz CT molecular complexity index is 2240. The third kappa shape index (κ3) is 13.5. The molecule has 0 radical (unpaired) electrons. The molecule has 0 aromatic heterocycles. The highest BCUT2D eigenvalue weighted by Gasteiger charge is 2.56. The van der Waals surface area contributed by atoms with E-state index in [0.717, 1.165) is 12.8 Å². The number of carbonyl (C=O) groups excluding carboxylic acids is 2. The van der Waals surface area contributed by atoms with E-state index in [1.807, 2.05) is 62.3 Å². The van der Waals surface area contributed by atoms with Crippen molar-refractivity contribution in [2.24, 2.45) is 50.9 Å². The first-order valence-corrected chi connectivity index (χ1v) is 27.6. The number of nitrogens with zero attached hydrogens (tertiary/aromatic N) is 9. The lowest BCUT2D eigenvalue weighted by molar-refractivity contribution is -0.370. The molecule has 6 heterocycles. The van der Waals surface area contributed by atoms with Gasteiger partial charge in [-0.2, -0.15) is 0 Å². The summed E-state index contributed by atoms with van der Waals surface area (Å²) in [5.74, 6) is -3.14. The van der Waals surface area contributed by atoms with Gasteiger partial charge in [0.2, 0.25) is 0 Å². The minimum absolute atomic E-state index is 0.0741. The summed E-state index contributed by atoms with van der Waals surface area (Å²) in [5.41, 5.74) is 29.6. The molecule has 6 aliphatic rings. The van der Waals surface area contributed by atoms with Gasteiger partial charge in [-0.15, -0.1) is 0 Å². The normalized spacial score (nSPS) is 43.4. The standard InChI is InChI=1S/C53H81N9O15/c1-13-34-25(4)26(5)38(57-60-54)50(68-34)76-44-30(9)45(71-37-23-19-20-24-66-37)53(77-47(44)31(10)63)75-43-28(7)40(59-62-56)51(70-36(43)15-3)73-41-29(8)46(72-48(64)33-21-17-16-18-22-33)52(67-32(41)11)74-42-27(6)39(58-61-55)49(65-12)69-35(42)14-2/h16-18,21-22,25-30,32,34-47,49-53H,13-15,19-20,23-24H2,1-12H3/t25-,26+,27-,28-,29+,30+,32?,34+,35?,36?,37?,38?,39?,40?,41-,42-,43-,44-,45?,46?,47+,49-,50+,51+,52+,53-/m1/s1. The molecule has 0 spiro atoms. The fourth-order valence-corrected chi connectivity index (χ4v) is 12.1. The quantitative estimate of drug-likeness (QED) is 0.0508. The predicted octanol–water partition coefficient (Wildman–Crippen LogP) is 9.63. The zero-order valence-electron chi connectivity index (χ0n) is 46.5. The van der Waals surface area contributed by atoms with Crippen molar-refractivity contribution in [3.05, 3.63) is 67.2 Å². The second-order valence-electron chi connectivity index (χ2n) is 21.6. The van der Waals surface area contributed by atoms with E-state index in [1.54, 1.807) is 30.3 Å². The molecule has 6 saturated heterocycles. The Kier molecular flexibility index (Phi) is 21.8. The first-order valence-electron chi connectivity index (χ1n) is 27.6. The van der Waals surface area contributed by atoms with Crippen LogP contribution in [0.25, 0.3) is 31.3 Å². The lowest BCUT2D eigenvalue weighted by Gasteiger charge is -2.52. The molecule has 6 fully saturated rings. The summed E-state index contributed by atoms with van der Waals surface area (Å²) in [6, 6.07) is 6.16. The van der Waals surface area contributed by atoms with Crippen LogP contribution < -0.4 is 0 Å². The van der Waals surface area contributed by atoms with E-state index in [-0.39, 0.29) is 23.7 Å². The smallest absolute Gasteiger partial charge is 0.338 e. The largest absolute Gasteiger partial charge is 0.453 e. The molecule has 9 unspecified atom stereocenters. The highest BCUT2D eigenvalue weighted by molar-refractivity contribution is 5.89. The molecule has 0 aliphatic carbocycles. The SMILES string of the molecule is CCC1O[C@@H](O[C@H]2C(C)O[C@@H](O[C@H]3C(CC)O[C@@H](OC)C(N=[N+]=[N-])[C@H]3C)C(OC(=O)c3ccccc3)[C@H]2C)C(N=[N+]=[N-])[C@@H](C)[C@H]1O[C@@H]1O[C@@H](C(C)=O)[C@H](O[C@@H]2O[C@@H](CC)[C@H](C)[C@H](C)C2N=[N+]=[N-])[C@H](C)C1OC1CCCCO1. The summed E-state index contributed by atoms with van der Waals surface area (Å²) < 4.78 is 85.1. The lowest BCUT2D eigenvalue weighted by Crippen LogP contribution is -2.64. The van der Waals surface area contributed by atoms with Gasteiger partial charge < -0.3 is 61.6 Å². The van der Waals surface area contributed by atoms with Gasteiger partial charge in [0.15, 0.2) is 49.6 Å². The van der Waals surface area contributed by atoms with Crippen LogP contribution in [0.15, 0.2) is 45.7 Å². The maximum atomic E-state index is 13.9. The molecule has 24 heteroatoms. The lowest BCUT2D eigenvalue weighted by atomic mass is 9.81. The van der Waals surface area contributed by atoms with Gasteiger partial charge in [-0.25, -0.2) is 4.79 Å². The van der Waals surface area contributed by atoms with Crippen molar-refractivity contribution in [1.82, 2.24) is 0 Å². The van der Waals surface area contributed by atoms with E-state index in [0.29, 0.717) is 37.9 Å². The van der Waals surface area contributed by atoms with Crippen LogP contribution in [0.3, 0.4) is 0 Å². The Labute approximate surface area is 451 Å². The number of esters is 1. The van der Waals surface area contributed by atoms with Crippen LogP contribution in [-0.4, -0.2) is 148 Å². The molecule has 6 aliphatic heterocycles. The van der Waals surface area contributed by atoms with Crippen LogP contribution in [-0.2, 0) is 66.4 Å². The number of carbonyl (C=O) groups is 2. The summed E-state index contributed by atoms with van der Waals surface area (Å²) in [7, 11) is 1.48. The van der Waals surface area contributed by atoms with E-state index in [1.165, 1.54) is 14.0 Å². The summed E-state index contributed by atoms with van der Waals surface area (Å²) in [6.45, 7) is 21.2. The van der Waals surface area contributed by atoms with Crippen LogP contribution in [0.4, 0.5) is 0 Å². The van der Waals surface area contributed by atoms with Crippen LogP contribution in [0.1, 0.15) is 125 Å². The third-order valence-electron chi connectivity index (χ3n) is 16.8. The number of ether oxygens (including phenoxy) is 13. The maximum Gasteiger partial charge on any atom is 0.338 e. The summed E-state index contributed by atoms with van der Waals surface area (Å²) in [5, 5.41) is 12.4. The zero-order chi connectivity index (χ0) is 55.7. The fraction of sp³-hybridized carbons (Fsp3) is 0.849. The molecule has 7 rings (SSSR count). The topological polar surface area (TPSA) is 300 Å². The van der Waals surface area contributed by atoms with Crippen molar-refractivity contribution in [1.29, 1.82) is 0 Å². The van der Waals surface area contributed by atoms with Gasteiger partial charge in [0.05, 0.1) is 72.5 Å². The van der Waals surface area contributed by atoms with Gasteiger partial charge in [-0.05, 0) is 105 Å². The Balaban J connectivity index is 1.15. The molecule has 24 nitrogen and oxygen atoms in total.